The van der Waals surface area contributed by atoms with E-state index in [4.69, 9.17) is 43.4 Å². The number of nitrogen functional groups attached to an aromatic ring is 1. The van der Waals surface area contributed by atoms with E-state index in [0.717, 1.165) is 30.7 Å². The van der Waals surface area contributed by atoms with Crippen molar-refractivity contribution >= 4 is 45.9 Å². The summed E-state index contributed by atoms with van der Waals surface area (Å²) in [5.74, 6) is 1.84. The number of nitrogens with two attached hydrogens (primary N) is 1. The SMILES string of the molecule is COc1cc(OC)c(Cl)c(-c2cc3cnc(N)nc3c(N3CCC3)n2)c1Cl. The molecule has 140 valence electrons. The molecular weight excluding hydrogens is 389 g/mol. The Balaban J connectivity index is 2.01. The Morgan fingerprint density at radius 1 is 1.04 bits per heavy atom. The number of benzene rings is 1. The number of hydrogen-bond donors (Lipinski definition) is 1. The fourth-order valence-electron chi connectivity index (χ4n) is 3.02. The van der Waals surface area contributed by atoms with E-state index in [9.17, 15) is 0 Å². The van der Waals surface area contributed by atoms with Gasteiger partial charge in [-0.3, -0.25) is 0 Å². The van der Waals surface area contributed by atoms with Crippen LogP contribution >= 0.6 is 23.2 Å². The van der Waals surface area contributed by atoms with Gasteiger partial charge in [-0.1, -0.05) is 23.2 Å². The van der Waals surface area contributed by atoms with Gasteiger partial charge in [0.05, 0.1) is 30.0 Å². The summed E-state index contributed by atoms with van der Waals surface area (Å²) in [5.41, 5.74) is 7.61. The van der Waals surface area contributed by atoms with Crippen LogP contribution < -0.4 is 20.1 Å². The molecule has 1 aromatic carbocycles. The number of aromatic nitrogens is 3. The predicted molar refractivity (Wildman–Crippen MR) is 107 cm³/mol. The third kappa shape index (κ3) is 2.96. The summed E-state index contributed by atoms with van der Waals surface area (Å²) in [6.45, 7) is 1.80. The van der Waals surface area contributed by atoms with Gasteiger partial charge in [-0.2, -0.15) is 0 Å². The fourth-order valence-corrected chi connectivity index (χ4v) is 3.72. The van der Waals surface area contributed by atoms with Crippen LogP contribution in [0.3, 0.4) is 0 Å². The van der Waals surface area contributed by atoms with E-state index in [2.05, 4.69) is 14.9 Å². The minimum absolute atomic E-state index is 0.206. The lowest BCUT2D eigenvalue weighted by Gasteiger charge is -2.32. The monoisotopic (exact) mass is 405 g/mol. The van der Waals surface area contributed by atoms with Gasteiger partial charge in [0, 0.05) is 36.3 Å². The summed E-state index contributed by atoms with van der Waals surface area (Å²) < 4.78 is 10.7. The largest absolute Gasteiger partial charge is 0.495 e. The molecule has 9 heteroatoms. The zero-order valence-electron chi connectivity index (χ0n) is 14.8. The Hall–Kier alpha value is -2.51. The van der Waals surface area contributed by atoms with Gasteiger partial charge in [0.1, 0.15) is 17.0 Å². The van der Waals surface area contributed by atoms with E-state index < -0.39 is 0 Å². The van der Waals surface area contributed by atoms with Crippen molar-refractivity contribution in [3.63, 3.8) is 0 Å². The van der Waals surface area contributed by atoms with Crippen LogP contribution in [-0.4, -0.2) is 42.3 Å². The van der Waals surface area contributed by atoms with E-state index in [-0.39, 0.29) is 5.95 Å². The van der Waals surface area contributed by atoms with Crippen molar-refractivity contribution in [3.8, 4) is 22.8 Å². The molecule has 1 saturated heterocycles. The Kier molecular flexibility index (Phi) is 4.57. The van der Waals surface area contributed by atoms with Gasteiger partial charge in [0.15, 0.2) is 5.82 Å². The molecule has 1 aliphatic rings. The highest BCUT2D eigenvalue weighted by Crippen LogP contribution is 2.46. The topological polar surface area (TPSA) is 86.4 Å². The Bertz CT molecular complexity index is 1010. The molecule has 4 rings (SSSR count). The Morgan fingerprint density at radius 2 is 1.70 bits per heavy atom. The molecule has 0 radical (unpaired) electrons. The number of nitrogens with zero attached hydrogens (tertiary/aromatic N) is 4. The summed E-state index contributed by atoms with van der Waals surface area (Å²) in [5, 5.41) is 1.52. The van der Waals surface area contributed by atoms with Crippen LogP contribution in [0.2, 0.25) is 10.0 Å². The third-order valence-electron chi connectivity index (χ3n) is 4.55. The summed E-state index contributed by atoms with van der Waals surface area (Å²) in [6, 6.07) is 3.49. The summed E-state index contributed by atoms with van der Waals surface area (Å²) in [6.07, 6.45) is 2.77. The number of anilines is 2. The van der Waals surface area contributed by atoms with Crippen LogP contribution in [0.4, 0.5) is 11.8 Å². The van der Waals surface area contributed by atoms with E-state index in [1.807, 2.05) is 6.07 Å². The smallest absolute Gasteiger partial charge is 0.220 e. The molecule has 27 heavy (non-hydrogen) atoms. The maximum absolute atomic E-state index is 6.56. The molecule has 0 unspecified atom stereocenters. The summed E-state index contributed by atoms with van der Waals surface area (Å²) >= 11 is 13.1. The van der Waals surface area contributed by atoms with E-state index >= 15 is 0 Å². The molecule has 1 aliphatic heterocycles. The first kappa shape index (κ1) is 17.9. The van der Waals surface area contributed by atoms with Crippen molar-refractivity contribution in [2.45, 2.75) is 6.42 Å². The Labute approximate surface area is 166 Å². The summed E-state index contributed by atoms with van der Waals surface area (Å²) in [4.78, 5) is 15.4. The minimum Gasteiger partial charge on any atom is -0.495 e. The van der Waals surface area contributed by atoms with Crippen LogP contribution in [-0.2, 0) is 0 Å². The molecule has 0 saturated carbocycles. The van der Waals surface area contributed by atoms with Crippen molar-refractivity contribution in [2.75, 3.05) is 37.9 Å². The van der Waals surface area contributed by atoms with Crippen molar-refractivity contribution in [2.24, 2.45) is 0 Å². The number of ether oxygens (including phenoxy) is 2. The number of rotatable bonds is 4. The molecule has 0 aliphatic carbocycles. The highest BCUT2D eigenvalue weighted by molar-refractivity contribution is 6.41. The van der Waals surface area contributed by atoms with Gasteiger partial charge in [-0.05, 0) is 12.5 Å². The van der Waals surface area contributed by atoms with Crippen LogP contribution in [0.5, 0.6) is 11.5 Å². The molecule has 0 bridgehead atoms. The number of halogens is 2. The predicted octanol–water partition coefficient (Wildman–Crippen LogP) is 3.81. The Morgan fingerprint density at radius 3 is 2.26 bits per heavy atom. The number of fused-ring (bicyclic) bond motifs is 1. The van der Waals surface area contributed by atoms with Gasteiger partial charge in [-0.15, -0.1) is 0 Å². The summed E-state index contributed by atoms with van der Waals surface area (Å²) in [7, 11) is 3.07. The molecule has 2 N–H and O–H groups in total. The van der Waals surface area contributed by atoms with E-state index in [1.165, 1.54) is 14.2 Å². The van der Waals surface area contributed by atoms with Crippen LogP contribution in [0.25, 0.3) is 22.2 Å². The normalized spacial score (nSPS) is 13.6. The zero-order valence-corrected chi connectivity index (χ0v) is 16.3. The molecular formula is C18H17Cl2N5O2. The highest BCUT2D eigenvalue weighted by Gasteiger charge is 2.24. The van der Waals surface area contributed by atoms with E-state index in [0.29, 0.717) is 38.3 Å². The van der Waals surface area contributed by atoms with Gasteiger partial charge in [0.25, 0.3) is 0 Å². The van der Waals surface area contributed by atoms with Gasteiger partial charge < -0.3 is 20.1 Å². The lowest BCUT2D eigenvalue weighted by atomic mass is 10.1. The van der Waals surface area contributed by atoms with E-state index in [1.54, 1.807) is 12.3 Å². The van der Waals surface area contributed by atoms with Crippen LogP contribution in [0.15, 0.2) is 18.3 Å². The third-order valence-corrected chi connectivity index (χ3v) is 5.30. The second-order valence-electron chi connectivity index (χ2n) is 6.12. The average Bonchev–Trinajstić information content (AvgIpc) is 2.61. The van der Waals surface area contributed by atoms with Gasteiger partial charge >= 0.3 is 0 Å². The first-order chi connectivity index (χ1) is 13.0. The number of methoxy groups -OCH3 is 2. The van der Waals surface area contributed by atoms with Crippen molar-refractivity contribution < 1.29 is 9.47 Å². The first-order valence-corrected chi connectivity index (χ1v) is 9.07. The van der Waals surface area contributed by atoms with Crippen molar-refractivity contribution in [3.05, 3.63) is 28.4 Å². The molecule has 3 aromatic rings. The highest BCUT2D eigenvalue weighted by atomic mass is 35.5. The lowest BCUT2D eigenvalue weighted by molar-refractivity contribution is 0.395. The second kappa shape index (κ2) is 6.90. The molecule has 0 amide bonds. The molecule has 0 spiro atoms. The first-order valence-electron chi connectivity index (χ1n) is 8.32. The van der Waals surface area contributed by atoms with Crippen LogP contribution in [0.1, 0.15) is 6.42 Å². The maximum atomic E-state index is 6.56. The van der Waals surface area contributed by atoms with Crippen molar-refractivity contribution in [1.82, 2.24) is 15.0 Å². The quantitative estimate of drug-likeness (QED) is 0.705. The minimum atomic E-state index is 0.206. The molecule has 0 atom stereocenters. The zero-order chi connectivity index (χ0) is 19.1. The maximum Gasteiger partial charge on any atom is 0.220 e. The molecule has 1 fully saturated rings. The lowest BCUT2D eigenvalue weighted by Crippen LogP contribution is -2.38. The second-order valence-corrected chi connectivity index (χ2v) is 6.88. The molecule has 7 nitrogen and oxygen atoms in total. The fraction of sp³-hybridized carbons (Fsp3) is 0.278. The molecule has 2 aromatic heterocycles. The van der Waals surface area contributed by atoms with Crippen LogP contribution in [0, 0.1) is 0 Å². The number of hydrogen-bond acceptors (Lipinski definition) is 7. The molecule has 3 heterocycles. The van der Waals surface area contributed by atoms with Crippen molar-refractivity contribution in [1.29, 1.82) is 0 Å². The number of pyridine rings is 1. The van der Waals surface area contributed by atoms with Gasteiger partial charge in [0.2, 0.25) is 5.95 Å². The average molecular weight is 406 g/mol. The van der Waals surface area contributed by atoms with Gasteiger partial charge in [-0.25, -0.2) is 15.0 Å². The standard InChI is InChI=1S/C18H17Cl2N5O2/c1-26-11-7-12(27-2)15(20)13(14(11)19)10-6-9-8-22-18(21)24-16(9)17(23-10)25-4-3-5-25/h6-8H,3-5H2,1-2H3,(H2,21,22,24).